The number of aromatic amines is 1. The second-order valence-corrected chi connectivity index (χ2v) is 5.59. The monoisotopic (exact) mass is 332 g/mol. The molecule has 1 aromatic heterocycles. The Hall–Kier alpha value is -1.65. The maximum atomic E-state index is 13.2. The lowest BCUT2D eigenvalue weighted by Crippen LogP contribution is -2.13. The van der Waals surface area contributed by atoms with Gasteiger partial charge in [-0.3, -0.25) is 0 Å². The van der Waals surface area contributed by atoms with Crippen molar-refractivity contribution >= 4 is 26.8 Å². The molecule has 0 aliphatic heterocycles. The van der Waals surface area contributed by atoms with Gasteiger partial charge in [-0.05, 0) is 52.9 Å². The first-order chi connectivity index (χ1) is 9.72. The van der Waals surface area contributed by atoms with Crippen LogP contribution in [0.15, 0.2) is 53.1 Å². The van der Waals surface area contributed by atoms with Crippen LogP contribution in [-0.2, 0) is 13.1 Å². The SMILES string of the molecule is Fc1ccc(Br)c(CNCc2ccc3[nH]ccc3c2)c1. The molecule has 0 radical (unpaired) electrons. The average Bonchev–Trinajstić information content (AvgIpc) is 2.90. The first-order valence-corrected chi connectivity index (χ1v) is 7.22. The summed E-state index contributed by atoms with van der Waals surface area (Å²) in [4.78, 5) is 3.17. The van der Waals surface area contributed by atoms with Gasteiger partial charge in [-0.25, -0.2) is 4.39 Å². The van der Waals surface area contributed by atoms with Crippen molar-refractivity contribution in [2.45, 2.75) is 13.1 Å². The van der Waals surface area contributed by atoms with E-state index in [1.54, 1.807) is 12.1 Å². The second-order valence-electron chi connectivity index (χ2n) is 4.74. The molecule has 2 N–H and O–H groups in total. The summed E-state index contributed by atoms with van der Waals surface area (Å²) in [7, 11) is 0. The lowest BCUT2D eigenvalue weighted by atomic mass is 10.1. The van der Waals surface area contributed by atoms with Crippen LogP contribution in [0.1, 0.15) is 11.1 Å². The number of aromatic nitrogens is 1. The number of fused-ring (bicyclic) bond motifs is 1. The first-order valence-electron chi connectivity index (χ1n) is 6.43. The highest BCUT2D eigenvalue weighted by atomic mass is 79.9. The number of hydrogen-bond acceptors (Lipinski definition) is 1. The van der Waals surface area contributed by atoms with E-state index >= 15 is 0 Å². The Morgan fingerprint density at radius 3 is 2.85 bits per heavy atom. The Balaban J connectivity index is 1.65. The van der Waals surface area contributed by atoms with Crippen LogP contribution >= 0.6 is 15.9 Å². The zero-order valence-electron chi connectivity index (χ0n) is 10.8. The second kappa shape index (κ2) is 5.77. The van der Waals surface area contributed by atoms with E-state index in [1.165, 1.54) is 17.0 Å². The molecule has 0 bridgehead atoms. The summed E-state index contributed by atoms with van der Waals surface area (Å²) in [6, 6.07) is 13.1. The van der Waals surface area contributed by atoms with Crippen LogP contribution in [0.3, 0.4) is 0 Å². The summed E-state index contributed by atoms with van der Waals surface area (Å²) < 4.78 is 14.1. The zero-order valence-corrected chi connectivity index (χ0v) is 12.4. The van der Waals surface area contributed by atoms with Crippen molar-refractivity contribution in [1.82, 2.24) is 10.3 Å². The van der Waals surface area contributed by atoms with Crippen molar-refractivity contribution in [2.24, 2.45) is 0 Å². The van der Waals surface area contributed by atoms with Crippen LogP contribution < -0.4 is 5.32 Å². The third-order valence-electron chi connectivity index (χ3n) is 3.27. The lowest BCUT2D eigenvalue weighted by molar-refractivity contribution is 0.619. The molecule has 1 heterocycles. The van der Waals surface area contributed by atoms with Crippen LogP contribution in [0, 0.1) is 5.82 Å². The number of benzene rings is 2. The van der Waals surface area contributed by atoms with Crippen LogP contribution in [0.4, 0.5) is 4.39 Å². The van der Waals surface area contributed by atoms with Crippen molar-refractivity contribution in [3.05, 3.63) is 70.1 Å². The number of rotatable bonds is 4. The maximum absolute atomic E-state index is 13.2. The van der Waals surface area contributed by atoms with Crippen LogP contribution in [0.5, 0.6) is 0 Å². The Morgan fingerprint density at radius 1 is 1.05 bits per heavy atom. The molecule has 4 heteroatoms. The molecule has 0 atom stereocenters. The van der Waals surface area contributed by atoms with Crippen molar-refractivity contribution < 1.29 is 4.39 Å². The molecular formula is C16H14BrFN2. The van der Waals surface area contributed by atoms with Gasteiger partial charge >= 0.3 is 0 Å². The number of H-pyrrole nitrogens is 1. The van der Waals surface area contributed by atoms with Gasteiger partial charge in [-0.15, -0.1) is 0 Å². The lowest BCUT2D eigenvalue weighted by Gasteiger charge is -2.07. The molecule has 0 unspecified atom stereocenters. The molecule has 20 heavy (non-hydrogen) atoms. The van der Waals surface area contributed by atoms with E-state index < -0.39 is 0 Å². The molecule has 0 fully saturated rings. The summed E-state index contributed by atoms with van der Waals surface area (Å²) >= 11 is 3.43. The van der Waals surface area contributed by atoms with Gasteiger partial charge < -0.3 is 10.3 Å². The minimum Gasteiger partial charge on any atom is -0.361 e. The van der Waals surface area contributed by atoms with E-state index in [9.17, 15) is 4.39 Å². The highest BCUT2D eigenvalue weighted by Crippen LogP contribution is 2.18. The highest BCUT2D eigenvalue weighted by molar-refractivity contribution is 9.10. The van der Waals surface area contributed by atoms with Crippen LogP contribution in [0.25, 0.3) is 10.9 Å². The zero-order chi connectivity index (χ0) is 13.9. The Kier molecular flexibility index (Phi) is 3.85. The summed E-state index contributed by atoms with van der Waals surface area (Å²) in [5, 5.41) is 4.54. The smallest absolute Gasteiger partial charge is 0.123 e. The summed E-state index contributed by atoms with van der Waals surface area (Å²) in [6.45, 7) is 1.38. The molecule has 2 nitrogen and oxygen atoms in total. The number of halogens is 2. The molecule has 102 valence electrons. The van der Waals surface area contributed by atoms with Crippen molar-refractivity contribution in [1.29, 1.82) is 0 Å². The Bertz CT molecular complexity index is 736. The number of hydrogen-bond donors (Lipinski definition) is 2. The average molecular weight is 333 g/mol. The fourth-order valence-electron chi connectivity index (χ4n) is 2.23. The quantitative estimate of drug-likeness (QED) is 0.729. The summed E-state index contributed by atoms with van der Waals surface area (Å²) in [5.74, 6) is -0.209. The van der Waals surface area contributed by atoms with E-state index in [-0.39, 0.29) is 5.82 Å². The standard InChI is InChI=1S/C16H14BrFN2/c17-15-3-2-14(18)8-13(15)10-19-9-11-1-4-16-12(7-11)5-6-20-16/h1-8,19-20H,9-10H2. The first kappa shape index (κ1) is 13.3. The van der Waals surface area contributed by atoms with Gasteiger partial charge in [-0.2, -0.15) is 0 Å². The Labute approximate surface area is 125 Å². The highest BCUT2D eigenvalue weighted by Gasteiger charge is 2.02. The van der Waals surface area contributed by atoms with Crippen LogP contribution in [-0.4, -0.2) is 4.98 Å². The molecular weight excluding hydrogens is 319 g/mol. The van der Waals surface area contributed by atoms with E-state index in [0.717, 1.165) is 22.1 Å². The van der Waals surface area contributed by atoms with Gasteiger partial charge in [0, 0.05) is 29.3 Å². The van der Waals surface area contributed by atoms with Crippen molar-refractivity contribution in [2.75, 3.05) is 0 Å². The minimum atomic E-state index is -0.209. The fourth-order valence-corrected chi connectivity index (χ4v) is 2.62. The van der Waals surface area contributed by atoms with Crippen LogP contribution in [0.2, 0.25) is 0 Å². The molecule has 0 aliphatic rings. The third kappa shape index (κ3) is 2.92. The summed E-state index contributed by atoms with van der Waals surface area (Å²) in [6.07, 6.45) is 1.94. The molecule has 0 aliphatic carbocycles. The van der Waals surface area contributed by atoms with E-state index in [4.69, 9.17) is 0 Å². The Morgan fingerprint density at radius 2 is 1.95 bits per heavy atom. The fraction of sp³-hybridized carbons (Fsp3) is 0.125. The van der Waals surface area contributed by atoms with E-state index in [0.29, 0.717) is 6.54 Å². The predicted octanol–water partition coefficient (Wildman–Crippen LogP) is 4.36. The number of nitrogens with one attached hydrogen (secondary N) is 2. The van der Waals surface area contributed by atoms with Gasteiger partial charge in [0.1, 0.15) is 5.82 Å². The van der Waals surface area contributed by atoms with E-state index in [2.05, 4.69) is 50.5 Å². The molecule has 0 saturated carbocycles. The molecule has 3 aromatic rings. The van der Waals surface area contributed by atoms with Crippen molar-refractivity contribution in [3.63, 3.8) is 0 Å². The maximum Gasteiger partial charge on any atom is 0.123 e. The van der Waals surface area contributed by atoms with Crippen molar-refractivity contribution in [3.8, 4) is 0 Å². The molecule has 2 aromatic carbocycles. The van der Waals surface area contributed by atoms with Gasteiger partial charge in [0.05, 0.1) is 0 Å². The molecule has 0 amide bonds. The van der Waals surface area contributed by atoms with Gasteiger partial charge in [0.25, 0.3) is 0 Å². The van der Waals surface area contributed by atoms with Gasteiger partial charge in [0.15, 0.2) is 0 Å². The van der Waals surface area contributed by atoms with Gasteiger partial charge in [0.2, 0.25) is 0 Å². The molecule has 3 rings (SSSR count). The predicted molar refractivity (Wildman–Crippen MR) is 82.9 cm³/mol. The normalized spacial score (nSPS) is 11.1. The molecule has 0 saturated heterocycles. The van der Waals surface area contributed by atoms with Gasteiger partial charge in [-0.1, -0.05) is 22.0 Å². The minimum absolute atomic E-state index is 0.209. The topological polar surface area (TPSA) is 27.8 Å². The summed E-state index contributed by atoms with van der Waals surface area (Å²) in [5.41, 5.74) is 3.28. The van der Waals surface area contributed by atoms with E-state index in [1.807, 2.05) is 6.20 Å². The molecule has 0 spiro atoms. The largest absolute Gasteiger partial charge is 0.361 e. The third-order valence-corrected chi connectivity index (χ3v) is 4.04.